The van der Waals surface area contributed by atoms with E-state index in [9.17, 15) is 9.59 Å². The summed E-state index contributed by atoms with van der Waals surface area (Å²) in [7, 11) is 0. The van der Waals surface area contributed by atoms with Crippen molar-refractivity contribution in [3.05, 3.63) is 78.3 Å². The van der Waals surface area contributed by atoms with E-state index in [4.69, 9.17) is 0 Å². The number of thioether (sulfide) groups is 1. The average Bonchev–Trinajstić information content (AvgIpc) is 3.52. The molecule has 0 aliphatic carbocycles. The summed E-state index contributed by atoms with van der Waals surface area (Å²) < 4.78 is 4.82. The number of anilines is 1. The van der Waals surface area contributed by atoms with Gasteiger partial charge in [-0.25, -0.2) is 14.6 Å². The van der Waals surface area contributed by atoms with Gasteiger partial charge in [-0.2, -0.15) is 5.10 Å². The molecule has 0 aliphatic heterocycles. The zero-order valence-corrected chi connectivity index (χ0v) is 18.0. The molecule has 4 aromatic heterocycles. The molecule has 1 N–H and O–H groups in total. The van der Waals surface area contributed by atoms with Crippen LogP contribution in [0.25, 0.3) is 22.5 Å². The normalized spacial score (nSPS) is 11.2. The zero-order chi connectivity index (χ0) is 22.8. The summed E-state index contributed by atoms with van der Waals surface area (Å²) in [5.74, 6) is 0.859. The van der Waals surface area contributed by atoms with E-state index in [0.29, 0.717) is 39.9 Å². The predicted octanol–water partition coefficient (Wildman–Crippen LogP) is 1.94. The second-order valence-corrected chi connectivity index (χ2v) is 7.86. The molecule has 0 aliphatic rings. The van der Waals surface area contributed by atoms with Crippen molar-refractivity contribution in [2.45, 2.75) is 11.7 Å². The summed E-state index contributed by atoms with van der Waals surface area (Å²) in [6.45, 7) is 4.02. The van der Waals surface area contributed by atoms with Gasteiger partial charge in [-0.05, 0) is 24.3 Å². The van der Waals surface area contributed by atoms with E-state index < -0.39 is 0 Å². The summed E-state index contributed by atoms with van der Waals surface area (Å²) in [6.07, 6.45) is 6.14. The highest BCUT2D eigenvalue weighted by atomic mass is 32.2. The fourth-order valence-corrected chi connectivity index (χ4v) is 4.11. The number of para-hydroxylation sites is 1. The highest BCUT2D eigenvalue weighted by Crippen LogP contribution is 2.22. The molecule has 0 saturated carbocycles. The van der Waals surface area contributed by atoms with Gasteiger partial charge < -0.3 is 5.32 Å². The number of nitrogens with zero attached hydrogens (tertiary/aromatic N) is 8. The monoisotopic (exact) mass is 459 g/mol. The van der Waals surface area contributed by atoms with Gasteiger partial charge in [-0.1, -0.05) is 30.0 Å². The Hall–Kier alpha value is -4.32. The maximum absolute atomic E-state index is 12.9. The quantitative estimate of drug-likeness (QED) is 0.289. The Morgan fingerprint density at radius 2 is 2.06 bits per heavy atom. The van der Waals surface area contributed by atoms with Crippen LogP contribution in [-0.4, -0.2) is 50.6 Å². The molecule has 0 saturated heterocycles. The van der Waals surface area contributed by atoms with Crippen LogP contribution in [0.3, 0.4) is 0 Å². The third-order valence-electron chi connectivity index (χ3n) is 4.81. The minimum absolute atomic E-state index is 0.0978. The average molecular weight is 459 g/mol. The summed E-state index contributed by atoms with van der Waals surface area (Å²) in [6, 6.07) is 10.7. The number of hydrogen-bond donors (Lipinski definition) is 1. The Labute approximate surface area is 190 Å². The Kier molecular flexibility index (Phi) is 5.40. The van der Waals surface area contributed by atoms with E-state index in [1.165, 1.54) is 27.3 Å². The Morgan fingerprint density at radius 1 is 1.18 bits per heavy atom. The van der Waals surface area contributed by atoms with Gasteiger partial charge in [0.05, 0.1) is 28.5 Å². The van der Waals surface area contributed by atoms with Gasteiger partial charge in [-0.3, -0.25) is 18.6 Å². The molecule has 164 valence electrons. The fraction of sp³-hybridized carbons (Fsp3) is 0.0952. The van der Waals surface area contributed by atoms with Crippen LogP contribution in [0, 0.1) is 0 Å². The summed E-state index contributed by atoms with van der Waals surface area (Å²) >= 11 is 1.23. The number of allylic oxidation sites excluding steroid dienone is 1. The highest BCUT2D eigenvalue weighted by Gasteiger charge is 2.17. The van der Waals surface area contributed by atoms with Gasteiger partial charge in [-0.15, -0.1) is 16.8 Å². The zero-order valence-electron chi connectivity index (χ0n) is 17.2. The number of hydrogen-bond acceptors (Lipinski definition) is 8. The minimum Gasteiger partial charge on any atom is -0.324 e. The number of fused-ring (bicyclic) bond motifs is 3. The van der Waals surface area contributed by atoms with Crippen LogP contribution in [0.2, 0.25) is 0 Å². The number of rotatable bonds is 7. The van der Waals surface area contributed by atoms with Crippen molar-refractivity contribution < 1.29 is 4.79 Å². The summed E-state index contributed by atoms with van der Waals surface area (Å²) in [5, 5.41) is 16.3. The van der Waals surface area contributed by atoms with Crippen LogP contribution < -0.4 is 10.9 Å². The lowest BCUT2D eigenvalue weighted by molar-refractivity contribution is -0.113. The van der Waals surface area contributed by atoms with E-state index >= 15 is 0 Å². The van der Waals surface area contributed by atoms with Gasteiger partial charge in [0, 0.05) is 6.54 Å². The van der Waals surface area contributed by atoms with Gasteiger partial charge >= 0.3 is 0 Å². The first-order chi connectivity index (χ1) is 16.2. The maximum Gasteiger partial charge on any atom is 0.263 e. The number of pyridine rings is 1. The molecule has 0 unspecified atom stereocenters. The smallest absolute Gasteiger partial charge is 0.263 e. The lowest BCUT2D eigenvalue weighted by Gasteiger charge is -2.09. The summed E-state index contributed by atoms with van der Waals surface area (Å²) in [5.41, 5.74) is 1.07. The van der Waals surface area contributed by atoms with Crippen LogP contribution in [0.4, 0.5) is 5.69 Å². The number of aromatic nitrogens is 8. The van der Waals surface area contributed by atoms with Gasteiger partial charge in [0.2, 0.25) is 11.7 Å². The van der Waals surface area contributed by atoms with Crippen molar-refractivity contribution in [1.29, 1.82) is 0 Å². The molecular weight excluding hydrogens is 442 g/mol. The van der Waals surface area contributed by atoms with Crippen molar-refractivity contribution in [2.24, 2.45) is 0 Å². The van der Waals surface area contributed by atoms with Gasteiger partial charge in [0.15, 0.2) is 11.0 Å². The largest absolute Gasteiger partial charge is 0.324 e. The third-order valence-corrected chi connectivity index (χ3v) is 5.74. The Morgan fingerprint density at radius 3 is 2.82 bits per heavy atom. The van der Waals surface area contributed by atoms with Crippen molar-refractivity contribution >= 4 is 40.0 Å². The Balaban J connectivity index is 1.37. The van der Waals surface area contributed by atoms with Crippen LogP contribution in [0.15, 0.2) is 77.9 Å². The highest BCUT2D eigenvalue weighted by molar-refractivity contribution is 7.99. The standard InChI is InChI=1S/C21H17N9O2S/c1-2-9-28-19(32)15-5-3-4-6-16(15)30-20(28)26-27-21(30)33-11-18(31)25-14-7-8-17(23-10-14)29-13-22-12-24-29/h2-8,10,12-13H,1,9,11H2,(H,25,31). The number of carbonyl (C=O) groups is 1. The number of nitrogens with one attached hydrogen (secondary N) is 1. The van der Waals surface area contributed by atoms with Crippen LogP contribution in [-0.2, 0) is 11.3 Å². The van der Waals surface area contributed by atoms with Crippen molar-refractivity contribution in [2.75, 3.05) is 11.1 Å². The van der Waals surface area contributed by atoms with Crippen LogP contribution in [0.1, 0.15) is 0 Å². The maximum atomic E-state index is 12.9. The molecular formula is C21H17N9O2S. The second-order valence-electron chi connectivity index (χ2n) is 6.92. The topological polar surface area (TPSA) is 125 Å². The molecule has 0 atom stereocenters. The van der Waals surface area contributed by atoms with Crippen LogP contribution >= 0.6 is 11.8 Å². The first-order valence-corrected chi connectivity index (χ1v) is 10.9. The van der Waals surface area contributed by atoms with Crippen molar-refractivity contribution in [3.63, 3.8) is 0 Å². The molecule has 0 radical (unpaired) electrons. The lowest BCUT2D eigenvalue weighted by Crippen LogP contribution is -2.22. The van der Waals surface area contributed by atoms with E-state index in [0.717, 1.165) is 0 Å². The molecule has 11 nitrogen and oxygen atoms in total. The van der Waals surface area contributed by atoms with E-state index in [2.05, 4.69) is 37.2 Å². The lowest BCUT2D eigenvalue weighted by atomic mass is 10.2. The number of benzene rings is 1. The van der Waals surface area contributed by atoms with E-state index in [-0.39, 0.29) is 17.2 Å². The summed E-state index contributed by atoms with van der Waals surface area (Å²) in [4.78, 5) is 33.5. The third kappa shape index (κ3) is 3.87. The molecule has 1 amide bonds. The first kappa shape index (κ1) is 20.6. The van der Waals surface area contributed by atoms with Crippen LogP contribution in [0.5, 0.6) is 0 Å². The van der Waals surface area contributed by atoms with Crippen molar-refractivity contribution in [3.8, 4) is 5.82 Å². The predicted molar refractivity (Wildman–Crippen MR) is 123 cm³/mol. The fourth-order valence-electron chi connectivity index (χ4n) is 3.37. The SMILES string of the molecule is C=CCn1c(=O)c2ccccc2n2c(SCC(=O)Nc3ccc(-n4cncn4)nc3)nnc12. The van der Waals surface area contributed by atoms with Gasteiger partial charge in [0.25, 0.3) is 5.56 Å². The molecule has 0 bridgehead atoms. The molecule has 1 aromatic carbocycles. The molecule has 0 fully saturated rings. The molecule has 4 heterocycles. The molecule has 33 heavy (non-hydrogen) atoms. The molecule has 5 aromatic rings. The first-order valence-electron chi connectivity index (χ1n) is 9.87. The van der Waals surface area contributed by atoms with E-state index in [1.807, 2.05) is 12.1 Å². The van der Waals surface area contributed by atoms with E-state index in [1.54, 1.807) is 47.3 Å². The minimum atomic E-state index is -0.226. The Bertz CT molecular complexity index is 1520. The van der Waals surface area contributed by atoms with Gasteiger partial charge in [0.1, 0.15) is 12.7 Å². The molecule has 0 spiro atoms. The van der Waals surface area contributed by atoms with Crippen molar-refractivity contribution in [1.82, 2.24) is 38.9 Å². The molecule has 5 rings (SSSR count). The second kappa shape index (κ2) is 8.67. The molecule has 12 heteroatoms. The number of carbonyl (C=O) groups excluding carboxylic acids is 1. The number of amides is 1.